The number of hydrogen-bond acceptors (Lipinski definition) is 4. The van der Waals surface area contributed by atoms with Crippen molar-refractivity contribution in [1.29, 1.82) is 0 Å². The first kappa shape index (κ1) is 20.0. The van der Waals surface area contributed by atoms with Crippen molar-refractivity contribution in [3.05, 3.63) is 118 Å². The van der Waals surface area contributed by atoms with Crippen LogP contribution >= 0.6 is 0 Å². The maximum atomic E-state index is 13.1. The molecular formula is C24H18FN3O3. The summed E-state index contributed by atoms with van der Waals surface area (Å²) in [5.41, 5.74) is 0.856. The SMILES string of the molecule is O=C(NCc1cccc(Oc2ccccc2)c1)c1ccc(=O)n(-c2ccc(F)cc2)n1. The van der Waals surface area contributed by atoms with Gasteiger partial charge in [0.2, 0.25) is 0 Å². The number of nitrogens with zero attached hydrogens (tertiary/aromatic N) is 2. The van der Waals surface area contributed by atoms with E-state index in [9.17, 15) is 14.0 Å². The van der Waals surface area contributed by atoms with Gasteiger partial charge in [-0.2, -0.15) is 9.78 Å². The van der Waals surface area contributed by atoms with Gasteiger partial charge in [0.1, 0.15) is 23.0 Å². The zero-order valence-electron chi connectivity index (χ0n) is 16.4. The highest BCUT2D eigenvalue weighted by molar-refractivity contribution is 5.92. The molecule has 3 aromatic carbocycles. The van der Waals surface area contributed by atoms with E-state index in [-0.39, 0.29) is 12.2 Å². The molecule has 7 heteroatoms. The first-order valence-corrected chi connectivity index (χ1v) is 9.55. The third kappa shape index (κ3) is 5.02. The summed E-state index contributed by atoms with van der Waals surface area (Å²) in [4.78, 5) is 24.7. The van der Waals surface area contributed by atoms with Crippen LogP contribution in [0, 0.1) is 5.82 Å². The first-order chi connectivity index (χ1) is 15.1. The van der Waals surface area contributed by atoms with Crippen molar-refractivity contribution in [3.63, 3.8) is 0 Å². The topological polar surface area (TPSA) is 73.2 Å². The summed E-state index contributed by atoms with van der Waals surface area (Å²) < 4.78 is 20.0. The van der Waals surface area contributed by atoms with E-state index in [0.717, 1.165) is 16.0 Å². The minimum absolute atomic E-state index is 0.0700. The standard InChI is InChI=1S/C24H18FN3O3/c25-18-9-11-19(12-10-18)28-23(29)14-13-22(27-28)24(30)26-16-17-5-4-8-21(15-17)31-20-6-2-1-3-7-20/h1-15H,16H2,(H,26,30). The van der Waals surface area contributed by atoms with Crippen LogP contribution in [-0.4, -0.2) is 15.7 Å². The van der Waals surface area contributed by atoms with Gasteiger partial charge in [0, 0.05) is 12.6 Å². The molecule has 0 aliphatic rings. The molecule has 0 saturated heterocycles. The normalized spacial score (nSPS) is 10.5. The smallest absolute Gasteiger partial charge is 0.272 e. The van der Waals surface area contributed by atoms with Gasteiger partial charge in [-0.05, 0) is 60.2 Å². The molecule has 1 N–H and O–H groups in total. The fourth-order valence-corrected chi connectivity index (χ4v) is 2.92. The first-order valence-electron chi connectivity index (χ1n) is 9.55. The number of aromatic nitrogens is 2. The fraction of sp³-hybridized carbons (Fsp3) is 0.0417. The zero-order chi connectivity index (χ0) is 21.6. The Morgan fingerprint density at radius 1 is 0.903 bits per heavy atom. The number of nitrogens with one attached hydrogen (secondary N) is 1. The van der Waals surface area contributed by atoms with Crippen molar-refractivity contribution in [2.75, 3.05) is 0 Å². The number of carbonyl (C=O) groups is 1. The molecule has 0 spiro atoms. The molecule has 1 heterocycles. The molecule has 4 aromatic rings. The van der Waals surface area contributed by atoms with Crippen LogP contribution in [0.15, 0.2) is 95.8 Å². The van der Waals surface area contributed by atoms with Gasteiger partial charge in [-0.3, -0.25) is 9.59 Å². The van der Waals surface area contributed by atoms with Crippen LogP contribution in [0.25, 0.3) is 5.69 Å². The molecule has 154 valence electrons. The average Bonchev–Trinajstić information content (AvgIpc) is 2.79. The summed E-state index contributed by atoms with van der Waals surface area (Å²) in [5.74, 6) is 0.506. The summed E-state index contributed by atoms with van der Waals surface area (Å²) in [5, 5.41) is 6.88. The van der Waals surface area contributed by atoms with Gasteiger partial charge in [-0.1, -0.05) is 30.3 Å². The molecule has 31 heavy (non-hydrogen) atoms. The number of hydrogen-bond donors (Lipinski definition) is 1. The van der Waals surface area contributed by atoms with E-state index in [1.807, 2.05) is 54.6 Å². The molecule has 1 aromatic heterocycles. The molecule has 0 aliphatic carbocycles. The third-order valence-electron chi connectivity index (χ3n) is 4.43. The van der Waals surface area contributed by atoms with Gasteiger partial charge in [-0.15, -0.1) is 0 Å². The fourth-order valence-electron chi connectivity index (χ4n) is 2.92. The van der Waals surface area contributed by atoms with Crippen molar-refractivity contribution in [1.82, 2.24) is 15.1 Å². The van der Waals surface area contributed by atoms with Crippen LogP contribution in [0.3, 0.4) is 0 Å². The van der Waals surface area contributed by atoms with Crippen molar-refractivity contribution < 1.29 is 13.9 Å². The summed E-state index contributed by atoms with van der Waals surface area (Å²) >= 11 is 0. The van der Waals surface area contributed by atoms with Gasteiger partial charge in [0.15, 0.2) is 0 Å². The molecule has 0 saturated carbocycles. The lowest BCUT2D eigenvalue weighted by molar-refractivity contribution is 0.0944. The number of carbonyl (C=O) groups excluding carboxylic acids is 1. The summed E-state index contributed by atoms with van der Waals surface area (Å²) in [6.45, 7) is 0.252. The lowest BCUT2D eigenvalue weighted by Gasteiger charge is -2.10. The third-order valence-corrected chi connectivity index (χ3v) is 4.43. The monoisotopic (exact) mass is 415 g/mol. The van der Waals surface area contributed by atoms with E-state index in [1.54, 1.807) is 0 Å². The van der Waals surface area contributed by atoms with Gasteiger partial charge in [0.25, 0.3) is 11.5 Å². The number of halogens is 1. The van der Waals surface area contributed by atoms with Gasteiger partial charge in [0.05, 0.1) is 5.69 Å². The predicted octanol–water partition coefficient (Wildman–Crippen LogP) is 4.09. The Morgan fingerprint density at radius 3 is 2.42 bits per heavy atom. The maximum absolute atomic E-state index is 13.1. The summed E-state index contributed by atoms with van der Waals surface area (Å²) in [6.07, 6.45) is 0. The molecule has 0 bridgehead atoms. The zero-order valence-corrected chi connectivity index (χ0v) is 16.4. The Balaban J connectivity index is 1.46. The molecule has 0 unspecified atom stereocenters. The number of ether oxygens (including phenoxy) is 1. The van der Waals surface area contributed by atoms with E-state index in [1.165, 1.54) is 36.4 Å². The van der Waals surface area contributed by atoms with Crippen LogP contribution < -0.4 is 15.6 Å². The Hall–Kier alpha value is -4.26. The Bertz CT molecular complexity index is 1260. The second-order valence-corrected chi connectivity index (χ2v) is 6.69. The summed E-state index contributed by atoms with van der Waals surface area (Å²) in [7, 11) is 0. The number of rotatable bonds is 6. The molecule has 6 nitrogen and oxygen atoms in total. The predicted molar refractivity (Wildman–Crippen MR) is 114 cm³/mol. The van der Waals surface area contributed by atoms with Crippen LogP contribution in [0.4, 0.5) is 4.39 Å². The molecule has 0 aliphatic heterocycles. The van der Waals surface area contributed by atoms with Gasteiger partial charge >= 0.3 is 0 Å². The Kier molecular flexibility index (Phi) is 5.84. The Morgan fingerprint density at radius 2 is 1.65 bits per heavy atom. The van der Waals surface area contributed by atoms with Crippen LogP contribution in [-0.2, 0) is 6.54 Å². The highest BCUT2D eigenvalue weighted by Gasteiger charge is 2.11. The highest BCUT2D eigenvalue weighted by Crippen LogP contribution is 2.21. The molecule has 0 fully saturated rings. The molecular weight excluding hydrogens is 397 g/mol. The van der Waals surface area contributed by atoms with Gasteiger partial charge in [-0.25, -0.2) is 4.39 Å². The minimum Gasteiger partial charge on any atom is -0.457 e. The van der Waals surface area contributed by atoms with E-state index < -0.39 is 17.3 Å². The van der Waals surface area contributed by atoms with E-state index in [0.29, 0.717) is 11.4 Å². The van der Waals surface area contributed by atoms with Crippen LogP contribution in [0.5, 0.6) is 11.5 Å². The number of benzene rings is 3. The van der Waals surface area contributed by atoms with Crippen molar-refractivity contribution in [2.24, 2.45) is 0 Å². The molecule has 0 atom stereocenters. The lowest BCUT2D eigenvalue weighted by atomic mass is 10.2. The average molecular weight is 415 g/mol. The van der Waals surface area contributed by atoms with E-state index in [2.05, 4.69) is 10.4 Å². The Labute approximate surface area is 177 Å². The molecule has 0 radical (unpaired) electrons. The molecule has 4 rings (SSSR count). The largest absolute Gasteiger partial charge is 0.457 e. The van der Waals surface area contributed by atoms with Gasteiger partial charge < -0.3 is 10.1 Å². The van der Waals surface area contributed by atoms with Crippen LogP contribution in [0.2, 0.25) is 0 Å². The molecule has 1 amide bonds. The van der Waals surface area contributed by atoms with Crippen LogP contribution in [0.1, 0.15) is 16.1 Å². The quantitative estimate of drug-likeness (QED) is 0.515. The van der Waals surface area contributed by atoms with Crippen molar-refractivity contribution in [2.45, 2.75) is 6.54 Å². The lowest BCUT2D eigenvalue weighted by Crippen LogP contribution is -2.28. The number of para-hydroxylation sites is 1. The minimum atomic E-state index is -0.440. The van der Waals surface area contributed by atoms with E-state index >= 15 is 0 Å². The summed E-state index contributed by atoms with van der Waals surface area (Å²) in [6, 6.07) is 24.7. The highest BCUT2D eigenvalue weighted by atomic mass is 19.1. The van der Waals surface area contributed by atoms with Crippen molar-refractivity contribution >= 4 is 5.91 Å². The second-order valence-electron chi connectivity index (χ2n) is 6.69. The maximum Gasteiger partial charge on any atom is 0.272 e. The number of amides is 1. The van der Waals surface area contributed by atoms with Crippen molar-refractivity contribution in [3.8, 4) is 17.2 Å². The van der Waals surface area contributed by atoms with E-state index in [4.69, 9.17) is 4.74 Å². The second kappa shape index (κ2) is 9.04.